The van der Waals surface area contributed by atoms with Crippen molar-refractivity contribution in [3.8, 4) is 45.3 Å². The van der Waals surface area contributed by atoms with E-state index < -0.39 is 0 Å². The van der Waals surface area contributed by atoms with E-state index in [0.29, 0.717) is 17.5 Å². The zero-order valence-corrected chi connectivity index (χ0v) is 27.4. The lowest BCUT2D eigenvalue weighted by atomic mass is 9.82. The summed E-state index contributed by atoms with van der Waals surface area (Å²) in [5.74, 6) is 1.66. The molecule has 6 aromatic carbocycles. The van der Waals surface area contributed by atoms with Gasteiger partial charge in [0.1, 0.15) is 11.2 Å². The van der Waals surface area contributed by atoms with E-state index in [1.165, 1.54) is 22.3 Å². The summed E-state index contributed by atoms with van der Waals surface area (Å²) >= 11 is 0. The number of benzene rings is 6. The summed E-state index contributed by atoms with van der Waals surface area (Å²) in [5, 5.41) is 21.1. The SMILES string of the molecule is CC1(C)c2ccccc2-c2ccc(-c3nc(-c4ccc5c(c4)oc4ccccc45)nc(-c4ccc5ccc6c(c5c4)C(=N)C(=N)C=C6)n3)cc21. The molecule has 50 heavy (non-hydrogen) atoms. The van der Waals surface area contributed by atoms with Gasteiger partial charge in [-0.1, -0.05) is 105 Å². The molecular formula is C44H29N5O. The maximum Gasteiger partial charge on any atom is 0.164 e. The largest absolute Gasteiger partial charge is 0.456 e. The van der Waals surface area contributed by atoms with Crippen LogP contribution in [0.1, 0.15) is 36.1 Å². The molecule has 8 aromatic rings. The first-order valence-electron chi connectivity index (χ1n) is 16.7. The third-order valence-electron chi connectivity index (χ3n) is 10.4. The Balaban J connectivity index is 1.18. The van der Waals surface area contributed by atoms with Crippen molar-refractivity contribution in [1.82, 2.24) is 15.0 Å². The quantitative estimate of drug-likeness (QED) is 0.200. The van der Waals surface area contributed by atoms with Gasteiger partial charge >= 0.3 is 0 Å². The number of para-hydroxylation sites is 1. The summed E-state index contributed by atoms with van der Waals surface area (Å²) in [6, 6.07) is 39.5. The highest BCUT2D eigenvalue weighted by atomic mass is 16.3. The summed E-state index contributed by atoms with van der Waals surface area (Å²) in [7, 11) is 0. The van der Waals surface area contributed by atoms with Crippen molar-refractivity contribution in [2.24, 2.45) is 0 Å². The van der Waals surface area contributed by atoms with E-state index in [0.717, 1.165) is 60.5 Å². The number of hydrogen-bond acceptors (Lipinski definition) is 6. The number of fused-ring (bicyclic) bond motifs is 9. The zero-order chi connectivity index (χ0) is 33.7. The minimum atomic E-state index is -0.170. The Labute approximate surface area is 287 Å². The maximum absolute atomic E-state index is 8.75. The van der Waals surface area contributed by atoms with E-state index in [-0.39, 0.29) is 16.8 Å². The van der Waals surface area contributed by atoms with Gasteiger partial charge in [0, 0.05) is 38.4 Å². The molecule has 0 bridgehead atoms. The second kappa shape index (κ2) is 10.2. The van der Waals surface area contributed by atoms with E-state index in [2.05, 4.69) is 74.5 Å². The molecule has 236 valence electrons. The third-order valence-corrected chi connectivity index (χ3v) is 10.4. The van der Waals surface area contributed by atoms with Gasteiger partial charge in [0.25, 0.3) is 0 Å². The van der Waals surface area contributed by atoms with Gasteiger partial charge in [-0.2, -0.15) is 0 Å². The summed E-state index contributed by atoms with van der Waals surface area (Å²) < 4.78 is 6.25. The number of rotatable bonds is 3. The van der Waals surface area contributed by atoms with Crippen LogP contribution in [0, 0.1) is 10.8 Å². The number of allylic oxidation sites excluding steroid dienone is 1. The van der Waals surface area contributed by atoms with E-state index >= 15 is 0 Å². The smallest absolute Gasteiger partial charge is 0.164 e. The van der Waals surface area contributed by atoms with Crippen LogP contribution in [-0.4, -0.2) is 26.4 Å². The van der Waals surface area contributed by atoms with Gasteiger partial charge in [-0.05, 0) is 75.0 Å². The van der Waals surface area contributed by atoms with Crippen LogP contribution >= 0.6 is 0 Å². The fraction of sp³-hybridized carbons (Fsp3) is 0.0682. The fourth-order valence-electron chi connectivity index (χ4n) is 7.76. The lowest BCUT2D eigenvalue weighted by Gasteiger charge is -2.21. The van der Waals surface area contributed by atoms with Crippen molar-refractivity contribution < 1.29 is 4.42 Å². The Morgan fingerprint density at radius 1 is 0.540 bits per heavy atom. The first-order valence-corrected chi connectivity index (χ1v) is 16.7. The van der Waals surface area contributed by atoms with Crippen molar-refractivity contribution in [2.75, 3.05) is 0 Å². The Kier molecular flexibility index (Phi) is 5.83. The van der Waals surface area contributed by atoms with Crippen LogP contribution in [0.4, 0.5) is 0 Å². The van der Waals surface area contributed by atoms with Crippen LogP contribution < -0.4 is 0 Å². The number of furan rings is 1. The first kappa shape index (κ1) is 28.5. The molecule has 2 aromatic heterocycles. The zero-order valence-electron chi connectivity index (χ0n) is 27.4. The molecule has 0 fully saturated rings. The molecule has 0 aliphatic heterocycles. The van der Waals surface area contributed by atoms with Gasteiger partial charge in [-0.3, -0.25) is 10.8 Å². The number of hydrogen-bond donors (Lipinski definition) is 2. The highest BCUT2D eigenvalue weighted by Gasteiger charge is 2.35. The van der Waals surface area contributed by atoms with Crippen LogP contribution in [0.25, 0.3) is 84.1 Å². The highest BCUT2D eigenvalue weighted by molar-refractivity contribution is 6.53. The standard InChI is InChI=1S/C44H29N5O/c1-44(2)34-9-5-3-7-29(34)30-18-15-27(22-35(30)44)42-47-41(26-14-12-24-11-13-25-17-20-36(45)40(46)39(25)33(24)21-26)48-43(49-42)28-16-19-32-31-8-4-6-10-37(31)50-38(32)23-28/h3-23,45-46H,1-2H3. The molecule has 6 heteroatoms. The van der Waals surface area contributed by atoms with Crippen molar-refractivity contribution in [2.45, 2.75) is 19.3 Å². The Hall–Kier alpha value is -6.53. The molecule has 0 radical (unpaired) electrons. The molecule has 0 saturated heterocycles. The molecule has 0 atom stereocenters. The van der Waals surface area contributed by atoms with Gasteiger partial charge < -0.3 is 4.42 Å². The summed E-state index contributed by atoms with van der Waals surface area (Å²) in [4.78, 5) is 15.3. The summed E-state index contributed by atoms with van der Waals surface area (Å²) in [6.07, 6.45) is 3.59. The average Bonchev–Trinajstić information content (AvgIpc) is 3.63. The molecule has 0 spiro atoms. The van der Waals surface area contributed by atoms with Crippen LogP contribution in [0.15, 0.2) is 126 Å². The first-order chi connectivity index (χ1) is 24.3. The lowest BCUT2D eigenvalue weighted by molar-refractivity contribution is 0.660. The number of nitrogens with one attached hydrogen (secondary N) is 2. The molecule has 0 amide bonds. The molecule has 10 rings (SSSR count). The molecule has 0 saturated carbocycles. The van der Waals surface area contributed by atoms with E-state index in [1.54, 1.807) is 6.08 Å². The average molecular weight is 644 g/mol. The molecule has 2 N–H and O–H groups in total. The topological polar surface area (TPSA) is 99.5 Å². The van der Waals surface area contributed by atoms with Gasteiger partial charge in [-0.25, -0.2) is 15.0 Å². The molecule has 2 aliphatic rings. The van der Waals surface area contributed by atoms with Gasteiger partial charge in [-0.15, -0.1) is 0 Å². The minimum absolute atomic E-state index is 0.170. The molecule has 6 nitrogen and oxygen atoms in total. The highest BCUT2D eigenvalue weighted by Crippen LogP contribution is 2.49. The van der Waals surface area contributed by atoms with Crippen molar-refractivity contribution in [3.05, 3.63) is 144 Å². The minimum Gasteiger partial charge on any atom is -0.456 e. The second-order valence-electron chi connectivity index (χ2n) is 13.6. The van der Waals surface area contributed by atoms with Crippen LogP contribution in [0.2, 0.25) is 0 Å². The number of aromatic nitrogens is 3. The van der Waals surface area contributed by atoms with Crippen LogP contribution in [-0.2, 0) is 5.41 Å². The van der Waals surface area contributed by atoms with E-state index in [9.17, 15) is 0 Å². The van der Waals surface area contributed by atoms with Crippen molar-refractivity contribution in [1.29, 1.82) is 10.8 Å². The molecule has 2 heterocycles. The van der Waals surface area contributed by atoms with Gasteiger partial charge in [0.15, 0.2) is 17.5 Å². The van der Waals surface area contributed by atoms with Crippen molar-refractivity contribution in [3.63, 3.8) is 0 Å². The summed E-state index contributed by atoms with van der Waals surface area (Å²) in [6.45, 7) is 4.55. The molecule has 0 unspecified atom stereocenters. The van der Waals surface area contributed by atoms with E-state index in [1.807, 2.05) is 60.7 Å². The molecular weight excluding hydrogens is 615 g/mol. The normalized spacial score (nSPS) is 14.4. The van der Waals surface area contributed by atoms with Crippen LogP contribution in [0.5, 0.6) is 0 Å². The fourth-order valence-corrected chi connectivity index (χ4v) is 7.76. The second-order valence-corrected chi connectivity index (χ2v) is 13.6. The Morgan fingerprint density at radius 2 is 1.18 bits per heavy atom. The van der Waals surface area contributed by atoms with Gasteiger partial charge in [0.05, 0.1) is 11.4 Å². The number of nitrogens with zero attached hydrogens (tertiary/aromatic N) is 3. The monoisotopic (exact) mass is 643 g/mol. The van der Waals surface area contributed by atoms with Crippen molar-refractivity contribution >= 4 is 50.2 Å². The maximum atomic E-state index is 8.75. The van der Waals surface area contributed by atoms with E-state index in [4.69, 9.17) is 30.2 Å². The predicted octanol–water partition coefficient (Wildman–Crippen LogP) is 10.6. The Bertz CT molecular complexity index is 2840. The Morgan fingerprint density at radius 3 is 2.02 bits per heavy atom. The third kappa shape index (κ3) is 4.12. The predicted molar refractivity (Wildman–Crippen MR) is 202 cm³/mol. The lowest BCUT2D eigenvalue weighted by Crippen LogP contribution is -2.16. The van der Waals surface area contributed by atoms with Gasteiger partial charge in [0.2, 0.25) is 0 Å². The molecule has 2 aliphatic carbocycles. The van der Waals surface area contributed by atoms with Crippen LogP contribution in [0.3, 0.4) is 0 Å². The summed E-state index contributed by atoms with van der Waals surface area (Å²) in [5.41, 5.74) is 11.1.